The van der Waals surface area contributed by atoms with Gasteiger partial charge in [0.05, 0.1) is 0 Å². The van der Waals surface area contributed by atoms with Crippen LogP contribution in [0.4, 0.5) is 0 Å². The molecule has 0 aromatic rings. The highest BCUT2D eigenvalue weighted by Crippen LogP contribution is 2.66. The minimum Gasteiger partial charge on any atom is -0.491 e. The number of fused-ring (bicyclic) bond motifs is 3. The third-order valence-electron chi connectivity index (χ3n) is 7.29. The van der Waals surface area contributed by atoms with Crippen LogP contribution in [0.3, 0.4) is 0 Å². The fourth-order valence-corrected chi connectivity index (χ4v) is 6.20. The van der Waals surface area contributed by atoms with E-state index in [0.29, 0.717) is 16.9 Å². The average Bonchev–Trinajstić information content (AvgIpc) is 2.82. The predicted octanol–water partition coefficient (Wildman–Crippen LogP) is 4.45. The summed E-state index contributed by atoms with van der Waals surface area (Å²) in [5.41, 5.74) is 1.03. The van der Waals surface area contributed by atoms with Gasteiger partial charge >= 0.3 is 0 Å². The quantitative estimate of drug-likeness (QED) is 0.570. The Morgan fingerprint density at radius 1 is 1.13 bits per heavy atom. The van der Waals surface area contributed by atoms with E-state index in [4.69, 9.17) is 4.74 Å². The minimum absolute atomic E-state index is 0.174. The van der Waals surface area contributed by atoms with Crippen molar-refractivity contribution in [1.82, 2.24) is 0 Å². The highest BCUT2D eigenvalue weighted by molar-refractivity contribution is 5.79. The molecule has 23 heavy (non-hydrogen) atoms. The van der Waals surface area contributed by atoms with Crippen molar-refractivity contribution < 1.29 is 14.3 Å². The average molecular weight is 318 g/mol. The predicted molar refractivity (Wildman–Crippen MR) is 89.8 cm³/mol. The molecule has 2 aliphatic carbocycles. The largest absolute Gasteiger partial charge is 0.491 e. The Labute approximate surface area is 139 Å². The summed E-state index contributed by atoms with van der Waals surface area (Å²) in [6.45, 7) is 9.52. The molecule has 3 nitrogen and oxygen atoms in total. The van der Waals surface area contributed by atoms with Crippen molar-refractivity contribution in [2.45, 2.75) is 78.2 Å². The summed E-state index contributed by atoms with van der Waals surface area (Å²) in [7, 11) is 0. The van der Waals surface area contributed by atoms with Gasteiger partial charge < -0.3 is 9.53 Å². The third kappa shape index (κ3) is 2.47. The number of ether oxygens (including phenoxy) is 1. The van der Waals surface area contributed by atoms with E-state index in [9.17, 15) is 9.59 Å². The van der Waals surface area contributed by atoms with Crippen molar-refractivity contribution in [3.63, 3.8) is 0 Å². The summed E-state index contributed by atoms with van der Waals surface area (Å²) in [5, 5.41) is 0. The first kappa shape index (κ1) is 16.7. The maximum atomic E-state index is 11.4. The first-order valence-electron chi connectivity index (χ1n) is 9.07. The van der Waals surface area contributed by atoms with E-state index in [-0.39, 0.29) is 17.4 Å². The summed E-state index contributed by atoms with van der Waals surface area (Å²) in [6, 6.07) is 0. The van der Waals surface area contributed by atoms with Gasteiger partial charge in [0.25, 0.3) is 0 Å². The first-order valence-corrected chi connectivity index (χ1v) is 9.07. The topological polar surface area (TPSA) is 43.4 Å². The lowest BCUT2D eigenvalue weighted by Crippen LogP contribution is -2.55. The van der Waals surface area contributed by atoms with Crippen LogP contribution in [0.2, 0.25) is 0 Å². The van der Waals surface area contributed by atoms with Crippen LogP contribution in [0, 0.1) is 22.7 Å². The molecule has 3 aliphatic rings. The molecule has 1 saturated heterocycles. The summed E-state index contributed by atoms with van der Waals surface area (Å²) in [6.07, 6.45) is 8.71. The Hall–Kier alpha value is -1.12. The Kier molecular flexibility index (Phi) is 3.97. The van der Waals surface area contributed by atoms with Gasteiger partial charge in [-0.15, -0.1) is 0 Å². The van der Waals surface area contributed by atoms with E-state index in [2.05, 4.69) is 27.7 Å². The van der Waals surface area contributed by atoms with Crippen LogP contribution >= 0.6 is 0 Å². The highest BCUT2D eigenvalue weighted by atomic mass is 16.5. The van der Waals surface area contributed by atoms with Crippen LogP contribution in [0.25, 0.3) is 0 Å². The Balaban J connectivity index is 1.98. The first-order chi connectivity index (χ1) is 10.8. The lowest BCUT2D eigenvalue weighted by Gasteiger charge is -2.59. The van der Waals surface area contributed by atoms with Gasteiger partial charge in [-0.25, -0.2) is 0 Å². The van der Waals surface area contributed by atoms with Gasteiger partial charge in [0.2, 0.25) is 0 Å². The van der Waals surface area contributed by atoms with Crippen LogP contribution < -0.4 is 0 Å². The van der Waals surface area contributed by atoms with Crippen LogP contribution in [-0.2, 0) is 14.3 Å². The number of rotatable bonds is 3. The molecule has 0 amide bonds. The molecule has 1 aliphatic heterocycles. The van der Waals surface area contributed by atoms with E-state index in [1.165, 1.54) is 25.7 Å². The number of aldehydes is 2. The standard InChI is InChI=1S/C20H30O3/c1-18(2)8-5-9-19(3)16(18)6-10-20(4)17(19)12-15(23-20)14(13-22)7-11-21/h11,13,16-17H,5-10,12H2,1-4H3/b15-14-/t16-,17-,19-,20+/m0/s1. The molecule has 3 heteroatoms. The number of allylic oxidation sites excluding steroid dienone is 2. The summed E-state index contributed by atoms with van der Waals surface area (Å²) in [5.74, 6) is 1.95. The minimum atomic E-state index is -0.175. The molecule has 1 heterocycles. The Morgan fingerprint density at radius 3 is 2.52 bits per heavy atom. The van der Waals surface area contributed by atoms with Crippen molar-refractivity contribution in [3.05, 3.63) is 11.3 Å². The molecule has 0 radical (unpaired) electrons. The van der Waals surface area contributed by atoms with Crippen molar-refractivity contribution >= 4 is 12.6 Å². The van der Waals surface area contributed by atoms with Gasteiger partial charge in [0.1, 0.15) is 23.9 Å². The number of carbonyl (C=O) groups excluding carboxylic acids is 2. The molecule has 0 bridgehead atoms. The number of hydrogen-bond acceptors (Lipinski definition) is 3. The number of hydrogen-bond donors (Lipinski definition) is 0. The highest BCUT2D eigenvalue weighted by Gasteiger charge is 2.61. The maximum absolute atomic E-state index is 11.4. The molecule has 0 aromatic heterocycles. The maximum Gasteiger partial charge on any atom is 0.149 e. The van der Waals surface area contributed by atoms with Gasteiger partial charge in [-0.05, 0) is 49.4 Å². The van der Waals surface area contributed by atoms with Gasteiger partial charge in [0, 0.05) is 24.3 Å². The Morgan fingerprint density at radius 2 is 1.87 bits per heavy atom. The molecule has 2 saturated carbocycles. The zero-order valence-corrected chi connectivity index (χ0v) is 15.0. The van der Waals surface area contributed by atoms with E-state index in [1.54, 1.807) is 0 Å². The fourth-order valence-electron chi connectivity index (χ4n) is 6.20. The van der Waals surface area contributed by atoms with Crippen molar-refractivity contribution in [2.75, 3.05) is 0 Å². The van der Waals surface area contributed by atoms with Crippen LogP contribution in [0.15, 0.2) is 11.3 Å². The van der Waals surface area contributed by atoms with Gasteiger partial charge in [0.15, 0.2) is 0 Å². The second-order valence-electron chi connectivity index (χ2n) is 9.05. The van der Waals surface area contributed by atoms with Crippen molar-refractivity contribution in [1.29, 1.82) is 0 Å². The monoisotopic (exact) mass is 318 g/mol. The molecule has 0 aromatic carbocycles. The van der Waals surface area contributed by atoms with Crippen LogP contribution in [0.1, 0.15) is 72.6 Å². The Bertz CT molecular complexity index is 547. The lowest BCUT2D eigenvalue weighted by molar-refractivity contribution is -0.142. The van der Waals surface area contributed by atoms with Crippen molar-refractivity contribution in [3.8, 4) is 0 Å². The second kappa shape index (κ2) is 5.46. The van der Waals surface area contributed by atoms with E-state index in [1.807, 2.05) is 0 Å². The molecule has 3 fully saturated rings. The van der Waals surface area contributed by atoms with Gasteiger partial charge in [-0.3, -0.25) is 4.79 Å². The summed E-state index contributed by atoms with van der Waals surface area (Å²) in [4.78, 5) is 22.2. The van der Waals surface area contributed by atoms with E-state index >= 15 is 0 Å². The normalized spacial score (nSPS) is 43.8. The molecule has 0 N–H and O–H groups in total. The fraction of sp³-hybridized carbons (Fsp3) is 0.800. The zero-order valence-electron chi connectivity index (χ0n) is 15.0. The molecule has 3 rings (SSSR count). The molecule has 0 spiro atoms. The molecule has 4 atom stereocenters. The van der Waals surface area contributed by atoms with E-state index in [0.717, 1.165) is 37.1 Å². The molecule has 128 valence electrons. The van der Waals surface area contributed by atoms with Crippen molar-refractivity contribution in [2.24, 2.45) is 22.7 Å². The van der Waals surface area contributed by atoms with E-state index < -0.39 is 0 Å². The van der Waals surface area contributed by atoms with Crippen LogP contribution in [0.5, 0.6) is 0 Å². The SMILES string of the molecule is CC1(C)CCC[C@@]2(C)[C@H]1CC[C@@]1(C)O/C(=C(\C=O)CC=O)C[C@@H]21. The molecule has 0 unspecified atom stereocenters. The smallest absolute Gasteiger partial charge is 0.149 e. The lowest BCUT2D eigenvalue weighted by atomic mass is 9.45. The van der Waals surface area contributed by atoms with Gasteiger partial charge in [-0.2, -0.15) is 0 Å². The van der Waals surface area contributed by atoms with Gasteiger partial charge in [-0.1, -0.05) is 27.2 Å². The summed E-state index contributed by atoms with van der Waals surface area (Å²) >= 11 is 0. The number of carbonyl (C=O) groups is 2. The summed E-state index contributed by atoms with van der Waals surface area (Å²) < 4.78 is 6.33. The third-order valence-corrected chi connectivity index (χ3v) is 7.29. The molecular weight excluding hydrogens is 288 g/mol. The molecular formula is C20H30O3. The van der Waals surface area contributed by atoms with Crippen LogP contribution in [-0.4, -0.2) is 18.2 Å². The second-order valence-corrected chi connectivity index (χ2v) is 9.05. The zero-order chi connectivity index (χ0) is 16.9.